The van der Waals surface area contributed by atoms with E-state index in [1.54, 1.807) is 18.2 Å². The zero-order valence-corrected chi connectivity index (χ0v) is 11.1. The Hall–Kier alpha value is -1.32. The third-order valence-corrected chi connectivity index (χ3v) is 3.47. The van der Waals surface area contributed by atoms with Crippen molar-refractivity contribution in [1.29, 1.82) is 0 Å². The number of halogens is 1. The van der Waals surface area contributed by atoms with Crippen LogP contribution in [0.5, 0.6) is 5.75 Å². The van der Waals surface area contributed by atoms with Gasteiger partial charge in [0.1, 0.15) is 5.75 Å². The smallest absolute Gasteiger partial charge is 0.161 e. The van der Waals surface area contributed by atoms with E-state index in [1.165, 1.54) is 0 Å². The standard InChI is InChI=1S/C14H16ClNO2/c1-2-16-6-5-13(17)11(9-16)7-10-3-4-14(18)12(15)8-10/h3-4,7-8,18H,2,5-6,9H2,1H3/b11-7+. The Morgan fingerprint density at radius 3 is 2.94 bits per heavy atom. The summed E-state index contributed by atoms with van der Waals surface area (Å²) in [7, 11) is 0. The minimum atomic E-state index is 0.0592. The van der Waals surface area contributed by atoms with Gasteiger partial charge in [0.15, 0.2) is 5.78 Å². The molecular formula is C14H16ClNO2. The molecule has 1 heterocycles. The number of piperidine rings is 1. The van der Waals surface area contributed by atoms with Crippen molar-refractivity contribution in [2.75, 3.05) is 19.6 Å². The summed E-state index contributed by atoms with van der Waals surface area (Å²) in [5.41, 5.74) is 1.66. The van der Waals surface area contributed by atoms with Crippen molar-refractivity contribution in [2.24, 2.45) is 0 Å². The number of hydrogen-bond donors (Lipinski definition) is 1. The maximum absolute atomic E-state index is 11.8. The van der Waals surface area contributed by atoms with Gasteiger partial charge in [-0.2, -0.15) is 0 Å². The van der Waals surface area contributed by atoms with Crippen LogP contribution in [0.1, 0.15) is 18.9 Å². The van der Waals surface area contributed by atoms with Gasteiger partial charge in [-0.15, -0.1) is 0 Å². The van der Waals surface area contributed by atoms with Gasteiger partial charge >= 0.3 is 0 Å². The predicted molar refractivity (Wildman–Crippen MR) is 72.8 cm³/mol. The molecule has 0 bridgehead atoms. The number of phenols is 1. The predicted octanol–water partition coefficient (Wildman–Crippen LogP) is 2.72. The van der Waals surface area contributed by atoms with Crippen molar-refractivity contribution in [3.63, 3.8) is 0 Å². The number of nitrogens with zero attached hydrogens (tertiary/aromatic N) is 1. The first-order valence-corrected chi connectivity index (χ1v) is 6.42. The van der Waals surface area contributed by atoms with E-state index in [2.05, 4.69) is 11.8 Å². The van der Waals surface area contributed by atoms with Gasteiger partial charge in [-0.25, -0.2) is 0 Å². The Morgan fingerprint density at radius 2 is 2.28 bits per heavy atom. The number of likely N-dealkylation sites (N-methyl/N-ethyl adjacent to an activating group) is 1. The van der Waals surface area contributed by atoms with E-state index in [0.717, 1.165) is 24.2 Å². The van der Waals surface area contributed by atoms with Gasteiger partial charge in [0.2, 0.25) is 0 Å². The van der Waals surface area contributed by atoms with Crippen LogP contribution in [0.3, 0.4) is 0 Å². The zero-order chi connectivity index (χ0) is 13.1. The summed E-state index contributed by atoms with van der Waals surface area (Å²) in [6.07, 6.45) is 2.43. The summed E-state index contributed by atoms with van der Waals surface area (Å²) in [5.74, 6) is 0.257. The van der Waals surface area contributed by atoms with Crippen molar-refractivity contribution in [3.8, 4) is 5.75 Å². The Morgan fingerprint density at radius 1 is 1.50 bits per heavy atom. The molecular weight excluding hydrogens is 250 g/mol. The molecule has 1 aromatic carbocycles. The quantitative estimate of drug-likeness (QED) is 0.836. The summed E-state index contributed by atoms with van der Waals surface area (Å²) in [6, 6.07) is 4.97. The van der Waals surface area contributed by atoms with E-state index in [1.807, 2.05) is 6.08 Å². The number of rotatable bonds is 2. The first-order valence-electron chi connectivity index (χ1n) is 6.04. The monoisotopic (exact) mass is 265 g/mol. The Bertz CT molecular complexity index is 497. The number of aromatic hydroxyl groups is 1. The van der Waals surface area contributed by atoms with E-state index in [4.69, 9.17) is 11.6 Å². The van der Waals surface area contributed by atoms with Crippen molar-refractivity contribution >= 4 is 23.5 Å². The van der Waals surface area contributed by atoms with Crippen LogP contribution in [0.2, 0.25) is 5.02 Å². The number of carbonyl (C=O) groups is 1. The molecule has 0 aromatic heterocycles. The Labute approximate surface area is 112 Å². The summed E-state index contributed by atoms with van der Waals surface area (Å²) in [5, 5.41) is 9.66. The normalized spacial score (nSPS) is 19.4. The van der Waals surface area contributed by atoms with E-state index < -0.39 is 0 Å². The molecule has 0 aliphatic carbocycles. The van der Waals surface area contributed by atoms with Gasteiger partial charge in [-0.3, -0.25) is 9.69 Å². The van der Waals surface area contributed by atoms with E-state index in [9.17, 15) is 9.90 Å². The topological polar surface area (TPSA) is 40.5 Å². The number of carbonyl (C=O) groups excluding carboxylic acids is 1. The molecule has 4 heteroatoms. The van der Waals surface area contributed by atoms with Crippen LogP contribution in [-0.4, -0.2) is 35.4 Å². The zero-order valence-electron chi connectivity index (χ0n) is 10.3. The van der Waals surface area contributed by atoms with Crippen LogP contribution in [0.15, 0.2) is 23.8 Å². The molecule has 0 radical (unpaired) electrons. The van der Waals surface area contributed by atoms with Gasteiger partial charge in [-0.05, 0) is 30.3 Å². The maximum atomic E-state index is 11.8. The van der Waals surface area contributed by atoms with Crippen LogP contribution in [0.4, 0.5) is 0 Å². The SMILES string of the molecule is CCN1CCC(=O)/C(=C/c2ccc(O)c(Cl)c2)C1. The second-order valence-corrected chi connectivity index (χ2v) is 4.83. The number of benzene rings is 1. The third kappa shape index (κ3) is 2.92. The number of ketones is 1. The van der Waals surface area contributed by atoms with Gasteiger partial charge < -0.3 is 5.11 Å². The van der Waals surface area contributed by atoms with Crippen LogP contribution in [-0.2, 0) is 4.79 Å². The highest BCUT2D eigenvalue weighted by Gasteiger charge is 2.19. The molecule has 2 rings (SSSR count). The molecule has 1 aromatic rings. The fourth-order valence-electron chi connectivity index (χ4n) is 2.04. The molecule has 0 amide bonds. The average molecular weight is 266 g/mol. The molecule has 1 fully saturated rings. The molecule has 0 atom stereocenters. The Kier molecular flexibility index (Phi) is 4.04. The van der Waals surface area contributed by atoms with E-state index >= 15 is 0 Å². The average Bonchev–Trinajstić information content (AvgIpc) is 2.36. The largest absolute Gasteiger partial charge is 0.506 e. The molecule has 1 saturated heterocycles. The molecule has 96 valence electrons. The highest BCUT2D eigenvalue weighted by Crippen LogP contribution is 2.25. The van der Waals surface area contributed by atoms with Gasteiger partial charge in [0, 0.05) is 25.1 Å². The number of likely N-dealkylation sites (tertiary alicyclic amines) is 1. The number of hydrogen-bond acceptors (Lipinski definition) is 3. The van der Waals surface area contributed by atoms with Crippen LogP contribution >= 0.6 is 11.6 Å². The van der Waals surface area contributed by atoms with Crippen molar-refractivity contribution in [3.05, 3.63) is 34.4 Å². The highest BCUT2D eigenvalue weighted by molar-refractivity contribution is 6.32. The third-order valence-electron chi connectivity index (χ3n) is 3.17. The molecule has 18 heavy (non-hydrogen) atoms. The minimum Gasteiger partial charge on any atom is -0.506 e. The second kappa shape index (κ2) is 5.55. The molecule has 0 saturated carbocycles. The van der Waals surface area contributed by atoms with Gasteiger partial charge in [-0.1, -0.05) is 24.6 Å². The lowest BCUT2D eigenvalue weighted by molar-refractivity contribution is -0.117. The van der Waals surface area contributed by atoms with Crippen molar-refractivity contribution in [2.45, 2.75) is 13.3 Å². The van der Waals surface area contributed by atoms with Gasteiger partial charge in [0.05, 0.1) is 5.02 Å². The summed E-state index contributed by atoms with van der Waals surface area (Å²) < 4.78 is 0. The van der Waals surface area contributed by atoms with Crippen molar-refractivity contribution in [1.82, 2.24) is 4.90 Å². The highest BCUT2D eigenvalue weighted by atomic mass is 35.5. The van der Waals surface area contributed by atoms with Crippen LogP contribution in [0.25, 0.3) is 6.08 Å². The first kappa shape index (κ1) is 13.1. The van der Waals surface area contributed by atoms with E-state index in [-0.39, 0.29) is 11.5 Å². The van der Waals surface area contributed by atoms with E-state index in [0.29, 0.717) is 18.0 Å². The lowest BCUT2D eigenvalue weighted by Crippen LogP contribution is -2.35. The molecule has 0 unspecified atom stereocenters. The summed E-state index contributed by atoms with van der Waals surface area (Å²) in [6.45, 7) is 4.56. The Balaban J connectivity index is 2.24. The van der Waals surface area contributed by atoms with Crippen LogP contribution < -0.4 is 0 Å². The molecule has 1 aliphatic heterocycles. The fraction of sp³-hybridized carbons (Fsp3) is 0.357. The lowest BCUT2D eigenvalue weighted by atomic mass is 10.0. The second-order valence-electron chi connectivity index (χ2n) is 4.42. The maximum Gasteiger partial charge on any atom is 0.161 e. The lowest BCUT2D eigenvalue weighted by Gasteiger charge is -2.26. The number of phenolic OH excluding ortho intramolecular Hbond substituents is 1. The molecule has 1 aliphatic rings. The molecule has 0 spiro atoms. The summed E-state index contributed by atoms with van der Waals surface area (Å²) in [4.78, 5) is 14.1. The molecule has 1 N–H and O–H groups in total. The fourth-order valence-corrected chi connectivity index (χ4v) is 2.23. The number of Topliss-reactive ketones (excluding diaryl/α,β-unsaturated/α-hetero) is 1. The van der Waals surface area contributed by atoms with Crippen LogP contribution in [0, 0.1) is 0 Å². The first-order chi connectivity index (χ1) is 8.60. The van der Waals surface area contributed by atoms with Gasteiger partial charge in [0.25, 0.3) is 0 Å². The minimum absolute atomic E-state index is 0.0592. The summed E-state index contributed by atoms with van der Waals surface area (Å²) >= 11 is 5.85. The van der Waals surface area contributed by atoms with Crippen molar-refractivity contribution < 1.29 is 9.90 Å². The molecule has 3 nitrogen and oxygen atoms in total.